The highest BCUT2D eigenvalue weighted by atomic mass is 14.9. The lowest BCUT2D eigenvalue weighted by atomic mass is 10.0. The smallest absolute Gasteiger partial charge is 0.0620 e. The lowest BCUT2D eigenvalue weighted by molar-refractivity contribution is 1.37. The van der Waals surface area contributed by atoms with E-state index in [9.17, 15) is 0 Å². The molecule has 124 valence electrons. The highest BCUT2D eigenvalue weighted by Gasteiger charge is 2.19. The summed E-state index contributed by atoms with van der Waals surface area (Å²) >= 11 is 0. The van der Waals surface area contributed by atoms with E-state index in [1.165, 1.54) is 59.6 Å². The van der Waals surface area contributed by atoms with Crippen molar-refractivity contribution in [1.82, 2.24) is 4.40 Å². The summed E-state index contributed by atoms with van der Waals surface area (Å²) in [5.74, 6) is 0. The Labute approximate surface area is 155 Å². The van der Waals surface area contributed by atoms with Gasteiger partial charge < -0.3 is 4.40 Å². The Morgan fingerprint density at radius 1 is 0.407 bits per heavy atom. The highest BCUT2D eigenvalue weighted by Crippen LogP contribution is 2.43. The van der Waals surface area contributed by atoms with Crippen LogP contribution in [-0.4, -0.2) is 4.40 Å². The average Bonchev–Trinajstić information content (AvgIpc) is 3.26. The van der Waals surface area contributed by atoms with Crippen LogP contribution in [0.5, 0.6) is 0 Å². The van der Waals surface area contributed by atoms with Crippen molar-refractivity contribution in [1.29, 1.82) is 0 Å². The van der Waals surface area contributed by atoms with Crippen molar-refractivity contribution in [3.8, 4) is 0 Å². The molecule has 1 heteroatoms. The van der Waals surface area contributed by atoms with Gasteiger partial charge in [0.15, 0.2) is 0 Å². The fraction of sp³-hybridized carbons (Fsp3) is 0. The first kappa shape index (κ1) is 13.6. The van der Waals surface area contributed by atoms with Gasteiger partial charge >= 0.3 is 0 Å². The Morgan fingerprint density at radius 2 is 0.889 bits per heavy atom. The normalized spacial score (nSPS) is 12.4. The van der Waals surface area contributed by atoms with Gasteiger partial charge in [0.25, 0.3) is 0 Å². The van der Waals surface area contributed by atoms with Crippen LogP contribution in [0, 0.1) is 0 Å². The minimum absolute atomic E-state index is 1.30. The van der Waals surface area contributed by atoms with Crippen molar-refractivity contribution in [2.75, 3.05) is 0 Å². The first-order chi connectivity index (χ1) is 13.4. The predicted octanol–water partition coefficient (Wildman–Crippen LogP) is 7.14. The van der Waals surface area contributed by atoms with Gasteiger partial charge in [-0.25, -0.2) is 0 Å². The lowest BCUT2D eigenvalue weighted by Gasteiger charge is -2.04. The zero-order valence-electron chi connectivity index (χ0n) is 14.6. The molecule has 0 fully saturated rings. The molecule has 2 aromatic heterocycles. The van der Waals surface area contributed by atoms with E-state index >= 15 is 0 Å². The topological polar surface area (TPSA) is 4.41 Å². The lowest BCUT2D eigenvalue weighted by Crippen LogP contribution is -1.82. The third-order valence-electron chi connectivity index (χ3n) is 6.09. The van der Waals surface area contributed by atoms with Gasteiger partial charge in [0.05, 0.1) is 16.6 Å². The molecule has 7 rings (SSSR count). The maximum atomic E-state index is 2.47. The molecule has 0 unspecified atom stereocenters. The van der Waals surface area contributed by atoms with Crippen molar-refractivity contribution < 1.29 is 0 Å². The van der Waals surface area contributed by atoms with Gasteiger partial charge in [-0.1, -0.05) is 78.9 Å². The van der Waals surface area contributed by atoms with E-state index in [1.54, 1.807) is 0 Å². The second-order valence-corrected chi connectivity index (χ2v) is 7.40. The summed E-state index contributed by atoms with van der Waals surface area (Å²) in [6, 6.07) is 33.2. The first-order valence-electron chi connectivity index (χ1n) is 9.39. The Kier molecular flexibility index (Phi) is 2.30. The van der Waals surface area contributed by atoms with Crippen LogP contribution in [0.25, 0.3) is 59.6 Å². The molecule has 0 saturated carbocycles. The molecule has 0 atom stereocenters. The van der Waals surface area contributed by atoms with E-state index < -0.39 is 0 Å². The first-order valence-corrected chi connectivity index (χ1v) is 9.39. The molecule has 0 spiro atoms. The van der Waals surface area contributed by atoms with Crippen molar-refractivity contribution in [2.24, 2.45) is 0 Å². The molecular weight excluding hydrogens is 326 g/mol. The number of hydrogen-bond acceptors (Lipinski definition) is 0. The fourth-order valence-corrected chi connectivity index (χ4v) is 5.02. The molecule has 5 aromatic carbocycles. The Balaban J connectivity index is 1.88. The molecule has 0 N–H and O–H groups in total. The maximum Gasteiger partial charge on any atom is 0.0620 e. The van der Waals surface area contributed by atoms with E-state index in [2.05, 4.69) is 95.4 Å². The van der Waals surface area contributed by atoms with Gasteiger partial charge in [-0.15, -0.1) is 0 Å². The molecule has 0 aliphatic carbocycles. The minimum atomic E-state index is 1.30. The SMILES string of the molecule is c1ccc2c(c1)ccc1c2c2cccc3c4c5ccccc5ccc4n1c23. The van der Waals surface area contributed by atoms with E-state index in [-0.39, 0.29) is 0 Å². The molecule has 0 aliphatic heterocycles. The van der Waals surface area contributed by atoms with Gasteiger partial charge in [-0.2, -0.15) is 0 Å². The van der Waals surface area contributed by atoms with Crippen LogP contribution in [0.3, 0.4) is 0 Å². The molecule has 2 heterocycles. The zero-order chi connectivity index (χ0) is 17.5. The van der Waals surface area contributed by atoms with Crippen LogP contribution in [0.15, 0.2) is 91.0 Å². The Morgan fingerprint density at radius 3 is 1.44 bits per heavy atom. The van der Waals surface area contributed by atoms with Crippen molar-refractivity contribution in [3.63, 3.8) is 0 Å². The van der Waals surface area contributed by atoms with Crippen LogP contribution in [0.4, 0.5) is 0 Å². The van der Waals surface area contributed by atoms with Gasteiger partial charge in [-0.05, 0) is 33.7 Å². The summed E-state index contributed by atoms with van der Waals surface area (Å²) in [6.07, 6.45) is 0. The Bertz CT molecular complexity index is 1550. The number of nitrogens with zero attached hydrogens (tertiary/aromatic N) is 1. The van der Waals surface area contributed by atoms with Crippen LogP contribution in [0.1, 0.15) is 0 Å². The van der Waals surface area contributed by atoms with Gasteiger partial charge in [0, 0.05) is 21.5 Å². The number of aromatic nitrogens is 1. The van der Waals surface area contributed by atoms with Crippen LogP contribution in [-0.2, 0) is 0 Å². The third-order valence-corrected chi connectivity index (χ3v) is 6.09. The molecule has 0 bridgehead atoms. The number of rotatable bonds is 0. The highest BCUT2D eigenvalue weighted by molar-refractivity contribution is 6.31. The molecule has 0 saturated heterocycles. The van der Waals surface area contributed by atoms with Gasteiger partial charge in [-0.3, -0.25) is 0 Å². The zero-order valence-corrected chi connectivity index (χ0v) is 14.6. The van der Waals surface area contributed by atoms with E-state index in [0.29, 0.717) is 0 Å². The van der Waals surface area contributed by atoms with Crippen molar-refractivity contribution in [3.05, 3.63) is 91.0 Å². The summed E-state index contributed by atoms with van der Waals surface area (Å²) in [7, 11) is 0. The number of fused-ring (bicyclic) bond motifs is 10. The van der Waals surface area contributed by atoms with Gasteiger partial charge in [0.1, 0.15) is 0 Å². The average molecular weight is 341 g/mol. The van der Waals surface area contributed by atoms with Gasteiger partial charge in [0.2, 0.25) is 0 Å². The number of hydrogen-bond donors (Lipinski definition) is 0. The minimum Gasteiger partial charge on any atom is -0.308 e. The molecule has 0 amide bonds. The predicted molar refractivity (Wildman–Crippen MR) is 116 cm³/mol. The summed E-state index contributed by atoms with van der Waals surface area (Å²) in [5.41, 5.74) is 3.94. The summed E-state index contributed by atoms with van der Waals surface area (Å²) < 4.78 is 2.47. The second kappa shape index (κ2) is 4.57. The monoisotopic (exact) mass is 341 g/mol. The molecule has 7 aromatic rings. The Hall–Kier alpha value is -3.58. The molecular formula is C26H15N. The van der Waals surface area contributed by atoms with Crippen LogP contribution in [0.2, 0.25) is 0 Å². The summed E-state index contributed by atoms with van der Waals surface area (Å²) in [5, 5.41) is 10.7. The molecule has 0 aliphatic rings. The van der Waals surface area contributed by atoms with E-state index in [4.69, 9.17) is 0 Å². The standard InChI is InChI=1S/C26H15N/c1-3-8-18-16(6-1)12-14-22-24(18)20-10-5-11-21-25-19-9-4-2-7-17(19)13-15-23(25)27(22)26(20)21/h1-15H. The maximum absolute atomic E-state index is 2.47. The van der Waals surface area contributed by atoms with Crippen LogP contribution < -0.4 is 0 Å². The molecule has 27 heavy (non-hydrogen) atoms. The summed E-state index contributed by atoms with van der Waals surface area (Å²) in [6.45, 7) is 0. The third kappa shape index (κ3) is 1.52. The quantitative estimate of drug-likeness (QED) is 0.276. The van der Waals surface area contributed by atoms with E-state index in [1.807, 2.05) is 0 Å². The molecule has 1 nitrogen and oxygen atoms in total. The van der Waals surface area contributed by atoms with Crippen molar-refractivity contribution >= 4 is 59.6 Å². The fourth-order valence-electron chi connectivity index (χ4n) is 5.02. The van der Waals surface area contributed by atoms with Crippen molar-refractivity contribution in [2.45, 2.75) is 0 Å². The second-order valence-electron chi connectivity index (χ2n) is 7.40. The largest absolute Gasteiger partial charge is 0.308 e. The molecule has 0 radical (unpaired) electrons. The van der Waals surface area contributed by atoms with E-state index in [0.717, 1.165) is 0 Å². The summed E-state index contributed by atoms with van der Waals surface area (Å²) in [4.78, 5) is 0. The van der Waals surface area contributed by atoms with Crippen LogP contribution >= 0.6 is 0 Å². The number of para-hydroxylation sites is 1. The number of benzene rings is 5.